The molecule has 0 radical (unpaired) electrons. The van der Waals surface area contributed by atoms with E-state index in [-0.39, 0.29) is 23.9 Å². The molecule has 1 aromatic heterocycles. The van der Waals surface area contributed by atoms with Crippen LogP contribution in [-0.2, 0) is 43.0 Å². The molecule has 54 heavy (non-hydrogen) atoms. The summed E-state index contributed by atoms with van der Waals surface area (Å²) in [5.41, 5.74) is 4.38. The molecule has 0 saturated carbocycles. The summed E-state index contributed by atoms with van der Waals surface area (Å²) < 4.78 is 45.5. The number of rotatable bonds is 17. The fourth-order valence-electron chi connectivity index (χ4n) is 5.28. The summed E-state index contributed by atoms with van der Waals surface area (Å²) in [5.74, 6) is -2.76. The van der Waals surface area contributed by atoms with Crippen molar-refractivity contribution in [1.29, 1.82) is 0 Å². The predicted octanol–water partition coefficient (Wildman–Crippen LogP) is 2.52. The van der Waals surface area contributed by atoms with Crippen LogP contribution in [-0.4, -0.2) is 72.8 Å². The molecule has 0 spiro atoms. The van der Waals surface area contributed by atoms with Crippen molar-refractivity contribution in [1.82, 2.24) is 21.3 Å². The Kier molecular flexibility index (Phi) is 14.8. The van der Waals surface area contributed by atoms with Crippen LogP contribution in [0.5, 0.6) is 0 Å². The first-order chi connectivity index (χ1) is 25.7. The average molecular weight is 769 g/mol. The largest absolute Gasteiger partial charge is 0.423 e. The fourth-order valence-corrected chi connectivity index (χ4v) is 5.77. The second kappa shape index (κ2) is 19.4. The lowest BCUT2D eigenvalue weighted by atomic mass is 10.0. The maximum absolute atomic E-state index is 13.5. The molecule has 4 rings (SSSR count). The fraction of sp³-hybridized carbons (Fsp3) is 0.297. The van der Waals surface area contributed by atoms with E-state index >= 15 is 0 Å². The standard InChI is InChI=1S/C37H39F3N6O7S/c1-54-15-14-27(41)34(50)42-20-31(47)45-28(16-22-8-4-2-5-9-22)35(51)43-21-32(48)46-29(17-23-10-6-3-7-11-23)36(52)44-24-12-13-25-26(37(38,39)40)19-33(49)53-30(25)18-24/h2-13,18-19,27-29H,14-17,20-21,41H2,1H3,(H,42,50)(H,43,51)(H,44,52)(H,45,47)(H,46,48). The van der Waals surface area contributed by atoms with E-state index in [1.54, 1.807) is 60.7 Å². The number of thioether (sulfide) groups is 1. The first-order valence-electron chi connectivity index (χ1n) is 16.7. The Morgan fingerprint density at radius 3 is 1.83 bits per heavy atom. The van der Waals surface area contributed by atoms with Crippen LogP contribution in [0.2, 0.25) is 0 Å². The van der Waals surface area contributed by atoms with Gasteiger partial charge in [0, 0.05) is 36.0 Å². The molecular formula is C37H39F3N6O7S. The normalized spacial score (nSPS) is 12.9. The van der Waals surface area contributed by atoms with Gasteiger partial charge in [-0.2, -0.15) is 24.9 Å². The third kappa shape index (κ3) is 12.5. The monoisotopic (exact) mass is 768 g/mol. The molecule has 0 fully saturated rings. The number of alkyl halides is 3. The van der Waals surface area contributed by atoms with Crippen LogP contribution in [0.1, 0.15) is 23.1 Å². The smallest absolute Gasteiger partial charge is 0.417 e. The van der Waals surface area contributed by atoms with E-state index in [0.29, 0.717) is 29.4 Å². The summed E-state index contributed by atoms with van der Waals surface area (Å²) in [6.45, 7) is -1.03. The zero-order valence-corrected chi connectivity index (χ0v) is 29.9. The zero-order chi connectivity index (χ0) is 39.3. The molecule has 7 N–H and O–H groups in total. The maximum Gasteiger partial charge on any atom is 0.417 e. The minimum atomic E-state index is -4.83. The first kappa shape index (κ1) is 41.1. The van der Waals surface area contributed by atoms with Crippen molar-refractivity contribution in [2.75, 3.05) is 30.4 Å². The highest BCUT2D eigenvalue weighted by Gasteiger charge is 2.34. The van der Waals surface area contributed by atoms with Crippen molar-refractivity contribution in [3.05, 3.63) is 112 Å². The van der Waals surface area contributed by atoms with Crippen LogP contribution >= 0.6 is 11.8 Å². The van der Waals surface area contributed by atoms with Gasteiger partial charge in [0.1, 0.15) is 17.7 Å². The molecule has 4 aromatic rings. The van der Waals surface area contributed by atoms with E-state index in [1.807, 2.05) is 6.26 Å². The Morgan fingerprint density at radius 1 is 0.759 bits per heavy atom. The number of halogens is 3. The van der Waals surface area contributed by atoms with Crippen molar-refractivity contribution >= 4 is 58.0 Å². The van der Waals surface area contributed by atoms with Gasteiger partial charge in [0.15, 0.2) is 0 Å². The zero-order valence-electron chi connectivity index (χ0n) is 29.0. The van der Waals surface area contributed by atoms with Crippen molar-refractivity contribution in [3.8, 4) is 0 Å². The Morgan fingerprint density at radius 2 is 1.30 bits per heavy atom. The van der Waals surface area contributed by atoms with E-state index in [9.17, 15) is 41.9 Å². The first-order valence-corrected chi connectivity index (χ1v) is 18.1. The van der Waals surface area contributed by atoms with E-state index in [1.165, 1.54) is 17.8 Å². The third-order valence-corrected chi connectivity index (χ3v) is 8.65. The molecule has 0 saturated heterocycles. The summed E-state index contributed by atoms with van der Waals surface area (Å²) in [7, 11) is 0. The average Bonchev–Trinajstić information content (AvgIpc) is 3.14. The minimum Gasteiger partial charge on any atom is -0.423 e. The number of hydrogen-bond acceptors (Lipinski definition) is 9. The van der Waals surface area contributed by atoms with E-state index in [2.05, 4.69) is 26.6 Å². The number of anilines is 1. The molecule has 3 atom stereocenters. The van der Waals surface area contributed by atoms with Gasteiger partial charge in [-0.1, -0.05) is 60.7 Å². The second-order valence-corrected chi connectivity index (χ2v) is 13.1. The number of benzene rings is 3. The SMILES string of the molecule is CSCCC(N)C(=O)NCC(=O)NC(Cc1ccccc1)C(=O)NCC(=O)NC(Cc1ccccc1)C(=O)Nc1ccc2c(C(F)(F)F)cc(=O)oc2c1. The molecule has 1 heterocycles. The Bertz CT molecular complexity index is 2000. The number of nitrogens with one attached hydrogen (secondary N) is 5. The molecule has 0 bridgehead atoms. The Balaban J connectivity index is 1.43. The van der Waals surface area contributed by atoms with Gasteiger partial charge >= 0.3 is 11.8 Å². The highest BCUT2D eigenvalue weighted by atomic mass is 32.2. The van der Waals surface area contributed by atoms with Gasteiger partial charge in [-0.25, -0.2) is 4.79 Å². The summed E-state index contributed by atoms with van der Waals surface area (Å²) in [6.07, 6.45) is -2.49. The van der Waals surface area contributed by atoms with E-state index in [0.717, 1.165) is 12.1 Å². The highest BCUT2D eigenvalue weighted by Crippen LogP contribution is 2.34. The van der Waals surface area contributed by atoms with E-state index < -0.39 is 83.7 Å². The van der Waals surface area contributed by atoms with Crippen LogP contribution in [0.25, 0.3) is 11.0 Å². The summed E-state index contributed by atoms with van der Waals surface area (Å²) in [6, 6.07) is 17.9. The van der Waals surface area contributed by atoms with Crippen molar-refractivity contribution in [2.24, 2.45) is 5.73 Å². The van der Waals surface area contributed by atoms with Gasteiger partial charge in [-0.3, -0.25) is 24.0 Å². The van der Waals surface area contributed by atoms with Crippen molar-refractivity contribution < 1.29 is 41.6 Å². The summed E-state index contributed by atoms with van der Waals surface area (Å²) >= 11 is 1.52. The molecule has 0 aliphatic carbocycles. The number of carbonyl (C=O) groups excluding carboxylic acids is 5. The second-order valence-electron chi connectivity index (χ2n) is 12.1. The summed E-state index contributed by atoms with van der Waals surface area (Å²) in [4.78, 5) is 76.9. The number of carbonyl (C=O) groups is 5. The molecule has 3 aromatic carbocycles. The van der Waals surface area contributed by atoms with Gasteiger partial charge in [0.2, 0.25) is 29.5 Å². The van der Waals surface area contributed by atoms with Crippen LogP contribution in [0.3, 0.4) is 0 Å². The maximum atomic E-state index is 13.5. The highest BCUT2D eigenvalue weighted by molar-refractivity contribution is 7.98. The molecule has 3 unspecified atom stereocenters. The van der Waals surface area contributed by atoms with Crippen LogP contribution < -0.4 is 37.9 Å². The number of amides is 5. The number of hydrogen-bond donors (Lipinski definition) is 6. The van der Waals surface area contributed by atoms with Gasteiger partial charge < -0.3 is 36.7 Å². The molecule has 286 valence electrons. The number of fused-ring (bicyclic) bond motifs is 1. The van der Waals surface area contributed by atoms with Crippen LogP contribution in [0, 0.1) is 0 Å². The van der Waals surface area contributed by atoms with Crippen LogP contribution in [0.4, 0.5) is 18.9 Å². The predicted molar refractivity (Wildman–Crippen MR) is 197 cm³/mol. The molecule has 13 nitrogen and oxygen atoms in total. The Labute approximate surface area is 312 Å². The topological polar surface area (TPSA) is 202 Å². The number of nitrogens with two attached hydrogens (primary N) is 1. The Hall–Kier alpha value is -5.68. The molecular weight excluding hydrogens is 730 g/mol. The minimum absolute atomic E-state index is 0.00628. The van der Waals surface area contributed by atoms with Crippen molar-refractivity contribution in [3.63, 3.8) is 0 Å². The lowest BCUT2D eigenvalue weighted by molar-refractivity contribution is -0.136. The summed E-state index contributed by atoms with van der Waals surface area (Å²) in [5, 5.41) is 12.2. The van der Waals surface area contributed by atoms with Gasteiger partial charge in [0.25, 0.3) is 0 Å². The molecule has 17 heteroatoms. The molecule has 0 aliphatic rings. The quantitative estimate of drug-likeness (QED) is 0.0874. The van der Waals surface area contributed by atoms with E-state index in [4.69, 9.17) is 10.2 Å². The van der Waals surface area contributed by atoms with Gasteiger partial charge in [-0.15, -0.1) is 0 Å². The lowest BCUT2D eigenvalue weighted by Crippen LogP contribution is -2.54. The molecule has 0 aliphatic heterocycles. The third-order valence-electron chi connectivity index (χ3n) is 8.00. The van der Waals surface area contributed by atoms with Gasteiger partial charge in [0.05, 0.1) is 24.7 Å². The van der Waals surface area contributed by atoms with Crippen molar-refractivity contribution in [2.45, 2.75) is 43.6 Å². The molecule has 5 amide bonds. The lowest BCUT2D eigenvalue weighted by Gasteiger charge is -2.21. The van der Waals surface area contributed by atoms with Gasteiger partial charge in [-0.05, 0) is 41.7 Å². The van der Waals surface area contributed by atoms with Crippen LogP contribution in [0.15, 0.2) is 94.1 Å².